The lowest BCUT2D eigenvalue weighted by Crippen LogP contribution is -2.29. The van der Waals surface area contributed by atoms with Crippen molar-refractivity contribution >= 4 is 5.78 Å². The van der Waals surface area contributed by atoms with Gasteiger partial charge in [0.05, 0.1) is 17.7 Å². The van der Waals surface area contributed by atoms with Gasteiger partial charge in [0, 0.05) is 18.7 Å². The minimum Gasteiger partial charge on any atom is -0.378 e. The molecule has 1 aliphatic carbocycles. The van der Waals surface area contributed by atoms with Crippen molar-refractivity contribution in [2.45, 2.75) is 44.6 Å². The first-order chi connectivity index (χ1) is 8.77. The Bertz CT molecular complexity index is 458. The van der Waals surface area contributed by atoms with Gasteiger partial charge in [-0.15, -0.1) is 0 Å². The Kier molecular flexibility index (Phi) is 3.16. The fourth-order valence-corrected chi connectivity index (χ4v) is 3.25. The predicted molar refractivity (Wildman–Crippen MR) is 68.4 cm³/mol. The molecule has 0 spiro atoms. The van der Waals surface area contributed by atoms with Crippen LogP contribution in [0.2, 0.25) is 0 Å². The highest BCUT2D eigenvalue weighted by Gasteiger charge is 2.37. The Labute approximate surface area is 108 Å². The SMILES string of the molecule is CC1OCCC1C(=O)C1CCCc2cccnc21. The molecular formula is C15H19NO2. The van der Waals surface area contributed by atoms with Crippen molar-refractivity contribution in [3.63, 3.8) is 0 Å². The molecule has 1 aromatic rings. The van der Waals surface area contributed by atoms with Crippen LogP contribution in [0.5, 0.6) is 0 Å². The molecular weight excluding hydrogens is 226 g/mol. The van der Waals surface area contributed by atoms with Gasteiger partial charge in [0.1, 0.15) is 5.78 Å². The summed E-state index contributed by atoms with van der Waals surface area (Å²) in [5.41, 5.74) is 2.28. The highest BCUT2D eigenvalue weighted by molar-refractivity contribution is 5.88. The number of carbonyl (C=O) groups is 1. The van der Waals surface area contributed by atoms with Gasteiger partial charge in [-0.1, -0.05) is 6.07 Å². The largest absolute Gasteiger partial charge is 0.378 e. The highest BCUT2D eigenvalue weighted by atomic mass is 16.5. The van der Waals surface area contributed by atoms with Crippen LogP contribution in [-0.2, 0) is 16.0 Å². The van der Waals surface area contributed by atoms with Gasteiger partial charge in [0.2, 0.25) is 0 Å². The lowest BCUT2D eigenvalue weighted by atomic mass is 9.78. The third-order valence-corrected chi connectivity index (χ3v) is 4.28. The average Bonchev–Trinajstić information content (AvgIpc) is 2.83. The third-order valence-electron chi connectivity index (χ3n) is 4.28. The summed E-state index contributed by atoms with van der Waals surface area (Å²) in [6, 6.07) is 4.07. The predicted octanol–water partition coefficient (Wildman–Crippen LogP) is 2.50. The molecule has 96 valence electrons. The third kappa shape index (κ3) is 1.97. The number of carbonyl (C=O) groups excluding carboxylic acids is 1. The lowest BCUT2D eigenvalue weighted by Gasteiger charge is -2.26. The molecule has 0 radical (unpaired) electrons. The van der Waals surface area contributed by atoms with E-state index in [4.69, 9.17) is 4.74 Å². The number of hydrogen-bond acceptors (Lipinski definition) is 3. The topological polar surface area (TPSA) is 39.2 Å². The van der Waals surface area contributed by atoms with E-state index in [9.17, 15) is 4.79 Å². The van der Waals surface area contributed by atoms with Crippen molar-refractivity contribution in [3.05, 3.63) is 29.6 Å². The first-order valence-corrected chi connectivity index (χ1v) is 6.86. The Morgan fingerprint density at radius 2 is 2.33 bits per heavy atom. The zero-order valence-corrected chi connectivity index (χ0v) is 10.8. The Hall–Kier alpha value is -1.22. The van der Waals surface area contributed by atoms with Gasteiger partial charge < -0.3 is 4.74 Å². The fourth-order valence-electron chi connectivity index (χ4n) is 3.25. The number of rotatable bonds is 2. The first-order valence-electron chi connectivity index (χ1n) is 6.86. The highest BCUT2D eigenvalue weighted by Crippen LogP contribution is 2.35. The van der Waals surface area contributed by atoms with E-state index < -0.39 is 0 Å². The van der Waals surface area contributed by atoms with Crippen LogP contribution in [-0.4, -0.2) is 23.5 Å². The lowest BCUT2D eigenvalue weighted by molar-refractivity contribution is -0.126. The van der Waals surface area contributed by atoms with Crippen molar-refractivity contribution in [3.8, 4) is 0 Å². The Morgan fingerprint density at radius 1 is 1.44 bits per heavy atom. The van der Waals surface area contributed by atoms with Gasteiger partial charge in [-0.25, -0.2) is 0 Å². The molecule has 0 saturated carbocycles. The normalized spacial score (nSPS) is 31.1. The molecule has 0 aromatic carbocycles. The van der Waals surface area contributed by atoms with Crippen molar-refractivity contribution in [2.75, 3.05) is 6.61 Å². The maximum absolute atomic E-state index is 12.7. The molecule has 0 N–H and O–H groups in total. The number of Topliss-reactive ketones (excluding diaryl/α,β-unsaturated/α-hetero) is 1. The minimum absolute atomic E-state index is 0.00380. The molecule has 2 aliphatic rings. The zero-order valence-electron chi connectivity index (χ0n) is 10.8. The van der Waals surface area contributed by atoms with Gasteiger partial charge in [0.15, 0.2) is 0 Å². The average molecular weight is 245 g/mol. The number of nitrogens with zero attached hydrogens (tertiary/aromatic N) is 1. The van der Waals surface area contributed by atoms with Crippen molar-refractivity contribution in [2.24, 2.45) is 5.92 Å². The molecule has 3 atom stereocenters. The quantitative estimate of drug-likeness (QED) is 0.803. The summed E-state index contributed by atoms with van der Waals surface area (Å²) in [6.07, 6.45) is 5.86. The van der Waals surface area contributed by atoms with E-state index in [-0.39, 0.29) is 17.9 Å². The summed E-state index contributed by atoms with van der Waals surface area (Å²) >= 11 is 0. The van der Waals surface area contributed by atoms with E-state index in [1.807, 2.05) is 13.0 Å². The number of aryl methyl sites for hydroxylation is 1. The van der Waals surface area contributed by atoms with Gasteiger partial charge >= 0.3 is 0 Å². The second-order valence-electron chi connectivity index (χ2n) is 5.37. The zero-order chi connectivity index (χ0) is 12.5. The maximum atomic E-state index is 12.7. The molecule has 3 heteroatoms. The van der Waals surface area contributed by atoms with Gasteiger partial charge in [-0.3, -0.25) is 9.78 Å². The van der Waals surface area contributed by atoms with Gasteiger partial charge in [0.25, 0.3) is 0 Å². The number of aromatic nitrogens is 1. The maximum Gasteiger partial charge on any atom is 0.147 e. The standard InChI is InChI=1S/C15H19NO2/c1-10-12(7-9-18-10)15(17)13-6-2-4-11-5-3-8-16-14(11)13/h3,5,8,10,12-13H,2,4,6-7,9H2,1H3. The molecule has 1 aromatic heterocycles. The van der Waals surface area contributed by atoms with Gasteiger partial charge in [-0.2, -0.15) is 0 Å². The molecule has 3 unspecified atom stereocenters. The van der Waals surface area contributed by atoms with E-state index in [1.165, 1.54) is 5.56 Å². The van der Waals surface area contributed by atoms with E-state index >= 15 is 0 Å². The number of ether oxygens (including phenoxy) is 1. The van der Waals surface area contributed by atoms with E-state index in [0.29, 0.717) is 5.78 Å². The monoisotopic (exact) mass is 245 g/mol. The van der Waals surface area contributed by atoms with Crippen LogP contribution in [0.4, 0.5) is 0 Å². The molecule has 18 heavy (non-hydrogen) atoms. The summed E-state index contributed by atoms with van der Waals surface area (Å²) in [4.78, 5) is 17.1. The molecule has 0 amide bonds. The molecule has 2 heterocycles. The van der Waals surface area contributed by atoms with Crippen LogP contribution in [0.15, 0.2) is 18.3 Å². The van der Waals surface area contributed by atoms with Crippen LogP contribution in [0, 0.1) is 5.92 Å². The Balaban J connectivity index is 1.87. The molecule has 1 saturated heterocycles. The molecule has 1 fully saturated rings. The number of hydrogen-bond donors (Lipinski definition) is 0. The van der Waals surface area contributed by atoms with Crippen LogP contribution >= 0.6 is 0 Å². The van der Waals surface area contributed by atoms with Crippen LogP contribution in [0.25, 0.3) is 0 Å². The Morgan fingerprint density at radius 3 is 3.11 bits per heavy atom. The van der Waals surface area contributed by atoms with Crippen LogP contribution < -0.4 is 0 Å². The summed E-state index contributed by atoms with van der Waals surface area (Å²) in [7, 11) is 0. The van der Waals surface area contributed by atoms with E-state index in [2.05, 4.69) is 11.1 Å². The molecule has 0 bridgehead atoms. The minimum atomic E-state index is 0.00380. The number of fused-ring (bicyclic) bond motifs is 1. The summed E-state index contributed by atoms with van der Waals surface area (Å²) in [5.74, 6) is 0.423. The summed E-state index contributed by atoms with van der Waals surface area (Å²) in [6.45, 7) is 2.73. The molecule has 3 nitrogen and oxygen atoms in total. The van der Waals surface area contributed by atoms with E-state index in [1.54, 1.807) is 6.20 Å². The van der Waals surface area contributed by atoms with Gasteiger partial charge in [-0.05, 0) is 44.2 Å². The van der Waals surface area contributed by atoms with E-state index in [0.717, 1.165) is 38.0 Å². The second-order valence-corrected chi connectivity index (χ2v) is 5.37. The van der Waals surface area contributed by atoms with Crippen LogP contribution in [0.1, 0.15) is 43.4 Å². The molecule has 1 aliphatic heterocycles. The van der Waals surface area contributed by atoms with Crippen molar-refractivity contribution < 1.29 is 9.53 Å². The summed E-state index contributed by atoms with van der Waals surface area (Å²) < 4.78 is 5.52. The van der Waals surface area contributed by atoms with Crippen molar-refractivity contribution in [1.82, 2.24) is 4.98 Å². The first kappa shape index (κ1) is 11.8. The van der Waals surface area contributed by atoms with Crippen LogP contribution in [0.3, 0.4) is 0 Å². The second kappa shape index (κ2) is 4.81. The van der Waals surface area contributed by atoms with Crippen molar-refractivity contribution in [1.29, 1.82) is 0 Å². The summed E-state index contributed by atoms with van der Waals surface area (Å²) in [5, 5.41) is 0. The molecule has 3 rings (SSSR count). The smallest absolute Gasteiger partial charge is 0.147 e. The number of pyridine rings is 1. The number of ketones is 1. The fraction of sp³-hybridized carbons (Fsp3) is 0.600.